The zero-order valence-electron chi connectivity index (χ0n) is 13.6. The smallest absolute Gasteiger partial charge is 0.0361 e. The molecule has 4 aromatic rings. The van der Waals surface area contributed by atoms with Crippen molar-refractivity contribution in [3.05, 3.63) is 71.3 Å². The molecule has 0 fully saturated rings. The van der Waals surface area contributed by atoms with Gasteiger partial charge in [0.05, 0.1) is 0 Å². The normalized spacial score (nSPS) is 15.1. The maximum absolute atomic E-state index is 2.45. The van der Waals surface area contributed by atoms with Crippen molar-refractivity contribution in [1.29, 1.82) is 0 Å². The topological polar surface area (TPSA) is 0 Å². The second-order valence-electron chi connectivity index (χ2n) is 7.17. The highest BCUT2D eigenvalue weighted by Crippen LogP contribution is 2.51. The molecule has 0 saturated carbocycles. The van der Waals surface area contributed by atoms with Crippen molar-refractivity contribution in [2.75, 3.05) is 0 Å². The summed E-state index contributed by atoms with van der Waals surface area (Å²) in [6.45, 7) is 6.88. The van der Waals surface area contributed by atoms with Crippen LogP contribution in [0.3, 0.4) is 0 Å². The number of benzene rings is 3. The van der Waals surface area contributed by atoms with Crippen LogP contribution >= 0.6 is 11.3 Å². The fraction of sp³-hybridized carbons (Fsp3) is 0.182. The molecule has 1 aliphatic rings. The average Bonchev–Trinajstić information content (AvgIpc) is 3.00. The van der Waals surface area contributed by atoms with E-state index >= 15 is 0 Å². The van der Waals surface area contributed by atoms with Crippen LogP contribution in [0.4, 0.5) is 0 Å². The van der Waals surface area contributed by atoms with Crippen LogP contribution < -0.4 is 0 Å². The molecule has 3 aromatic carbocycles. The van der Waals surface area contributed by atoms with E-state index in [0.717, 1.165) is 0 Å². The summed E-state index contributed by atoms with van der Waals surface area (Å²) in [6, 6.07) is 20.5. The van der Waals surface area contributed by atoms with Gasteiger partial charge in [0, 0.05) is 25.6 Å². The highest BCUT2D eigenvalue weighted by atomic mass is 32.1. The molecule has 0 N–H and O–H groups in total. The zero-order valence-corrected chi connectivity index (χ0v) is 14.4. The van der Waals surface area contributed by atoms with Crippen LogP contribution in [0.25, 0.3) is 31.3 Å². The molecule has 1 aromatic heterocycles. The largest absolute Gasteiger partial charge is 0.135 e. The van der Waals surface area contributed by atoms with Gasteiger partial charge in [-0.25, -0.2) is 0 Å². The van der Waals surface area contributed by atoms with Crippen molar-refractivity contribution in [2.45, 2.75) is 26.2 Å². The summed E-state index contributed by atoms with van der Waals surface area (Å²) in [6.07, 6.45) is 0. The van der Waals surface area contributed by atoms with Crippen LogP contribution in [0.1, 0.15) is 30.5 Å². The lowest BCUT2D eigenvalue weighted by Crippen LogP contribution is -2.14. The van der Waals surface area contributed by atoms with Gasteiger partial charge in [-0.2, -0.15) is 0 Å². The van der Waals surface area contributed by atoms with E-state index < -0.39 is 0 Å². The molecule has 112 valence electrons. The summed E-state index contributed by atoms with van der Waals surface area (Å²) in [5.41, 5.74) is 7.16. The van der Waals surface area contributed by atoms with Crippen molar-refractivity contribution in [1.82, 2.24) is 0 Å². The summed E-state index contributed by atoms with van der Waals surface area (Å²) in [5, 5.41) is 2.81. The van der Waals surface area contributed by atoms with E-state index in [2.05, 4.69) is 75.4 Å². The minimum absolute atomic E-state index is 0.0815. The number of aryl methyl sites for hydroxylation is 1. The lowest BCUT2D eigenvalue weighted by atomic mass is 9.82. The third-order valence-corrected chi connectivity index (χ3v) is 6.46. The van der Waals surface area contributed by atoms with Gasteiger partial charge in [0.15, 0.2) is 0 Å². The monoisotopic (exact) mass is 314 g/mol. The maximum Gasteiger partial charge on any atom is 0.0361 e. The first kappa shape index (κ1) is 13.3. The number of hydrogen-bond acceptors (Lipinski definition) is 1. The van der Waals surface area contributed by atoms with Gasteiger partial charge in [0.1, 0.15) is 0 Å². The van der Waals surface area contributed by atoms with Gasteiger partial charge >= 0.3 is 0 Å². The Bertz CT molecular complexity index is 1100. The van der Waals surface area contributed by atoms with E-state index in [9.17, 15) is 0 Å². The molecule has 1 aliphatic carbocycles. The number of fused-ring (bicyclic) bond motifs is 6. The van der Waals surface area contributed by atoms with Crippen molar-refractivity contribution in [3.63, 3.8) is 0 Å². The Balaban J connectivity index is 1.93. The fourth-order valence-corrected chi connectivity index (χ4v) is 5.19. The van der Waals surface area contributed by atoms with E-state index in [1.165, 1.54) is 48.0 Å². The minimum Gasteiger partial charge on any atom is -0.135 e. The molecule has 0 amide bonds. The Morgan fingerprint density at radius 3 is 2.39 bits per heavy atom. The molecular weight excluding hydrogens is 296 g/mol. The van der Waals surface area contributed by atoms with Crippen LogP contribution in [0.5, 0.6) is 0 Å². The predicted molar refractivity (Wildman–Crippen MR) is 102 cm³/mol. The maximum atomic E-state index is 2.45. The highest BCUT2D eigenvalue weighted by Gasteiger charge is 2.35. The Morgan fingerprint density at radius 1 is 0.739 bits per heavy atom. The Morgan fingerprint density at radius 2 is 1.52 bits per heavy atom. The van der Waals surface area contributed by atoms with Gasteiger partial charge in [0.25, 0.3) is 0 Å². The van der Waals surface area contributed by atoms with Crippen molar-refractivity contribution < 1.29 is 0 Å². The summed E-state index contributed by atoms with van der Waals surface area (Å²) in [4.78, 5) is 0. The molecule has 0 bridgehead atoms. The summed E-state index contributed by atoms with van der Waals surface area (Å²) >= 11 is 1.91. The Labute approximate surface area is 140 Å². The van der Waals surface area contributed by atoms with Gasteiger partial charge < -0.3 is 0 Å². The molecule has 0 atom stereocenters. The first-order valence-electron chi connectivity index (χ1n) is 8.13. The van der Waals surface area contributed by atoms with E-state index in [1.54, 1.807) is 0 Å². The Kier molecular flexibility index (Phi) is 2.46. The summed E-state index contributed by atoms with van der Waals surface area (Å²) < 4.78 is 2.79. The standard InChI is InChI=1S/C22H18S/c1-13-8-9-20-16(10-13)17-11-19-15(12-21(17)23-20)14-6-4-5-7-18(14)22(19,2)3/h4-12H,1-3H3. The molecule has 23 heavy (non-hydrogen) atoms. The number of rotatable bonds is 0. The summed E-state index contributed by atoms with van der Waals surface area (Å²) in [7, 11) is 0. The lowest BCUT2D eigenvalue weighted by molar-refractivity contribution is 0.661. The lowest BCUT2D eigenvalue weighted by Gasteiger charge is -2.21. The summed E-state index contributed by atoms with van der Waals surface area (Å²) in [5.74, 6) is 0. The minimum atomic E-state index is 0.0815. The molecule has 0 unspecified atom stereocenters. The van der Waals surface area contributed by atoms with E-state index in [1.807, 2.05) is 11.3 Å². The van der Waals surface area contributed by atoms with Crippen LogP contribution in [0.15, 0.2) is 54.6 Å². The third kappa shape index (κ3) is 1.66. The SMILES string of the molecule is Cc1ccc2sc3cc4c(cc3c2c1)C(C)(C)c1ccccc1-4. The van der Waals surface area contributed by atoms with Crippen molar-refractivity contribution in [3.8, 4) is 11.1 Å². The Hall–Kier alpha value is -2.12. The molecule has 1 heteroatoms. The molecular formula is C22H18S. The second-order valence-corrected chi connectivity index (χ2v) is 8.25. The molecule has 0 spiro atoms. The number of thiophene rings is 1. The van der Waals surface area contributed by atoms with Crippen LogP contribution in [-0.4, -0.2) is 0 Å². The molecule has 0 saturated heterocycles. The van der Waals surface area contributed by atoms with Gasteiger partial charge in [0.2, 0.25) is 0 Å². The van der Waals surface area contributed by atoms with Crippen LogP contribution in [0, 0.1) is 6.92 Å². The first-order chi connectivity index (χ1) is 11.1. The van der Waals surface area contributed by atoms with Gasteiger partial charge in [-0.15, -0.1) is 11.3 Å². The molecule has 1 heterocycles. The van der Waals surface area contributed by atoms with Crippen LogP contribution in [-0.2, 0) is 5.41 Å². The van der Waals surface area contributed by atoms with Gasteiger partial charge in [-0.05, 0) is 53.4 Å². The van der Waals surface area contributed by atoms with E-state index in [-0.39, 0.29) is 5.41 Å². The molecule has 0 aliphatic heterocycles. The van der Waals surface area contributed by atoms with E-state index in [0.29, 0.717) is 0 Å². The van der Waals surface area contributed by atoms with E-state index in [4.69, 9.17) is 0 Å². The predicted octanol–water partition coefficient (Wildman–Crippen LogP) is 6.67. The van der Waals surface area contributed by atoms with Gasteiger partial charge in [-0.1, -0.05) is 49.7 Å². The fourth-order valence-electron chi connectivity index (χ4n) is 4.08. The quantitative estimate of drug-likeness (QED) is 0.340. The molecule has 5 rings (SSSR count). The van der Waals surface area contributed by atoms with Crippen LogP contribution in [0.2, 0.25) is 0 Å². The average molecular weight is 314 g/mol. The molecule has 0 nitrogen and oxygen atoms in total. The number of hydrogen-bond donors (Lipinski definition) is 0. The first-order valence-corrected chi connectivity index (χ1v) is 8.94. The third-order valence-electron chi connectivity index (χ3n) is 5.33. The zero-order chi connectivity index (χ0) is 15.8. The molecule has 0 radical (unpaired) electrons. The highest BCUT2D eigenvalue weighted by molar-refractivity contribution is 7.25. The second kappa shape index (κ2) is 4.24. The van der Waals surface area contributed by atoms with Gasteiger partial charge in [-0.3, -0.25) is 0 Å². The van der Waals surface area contributed by atoms with Crippen molar-refractivity contribution >= 4 is 31.5 Å². The van der Waals surface area contributed by atoms with Crippen molar-refractivity contribution in [2.24, 2.45) is 0 Å².